The van der Waals surface area contributed by atoms with Gasteiger partial charge in [0.2, 0.25) is 0 Å². The molecule has 0 radical (unpaired) electrons. The smallest absolute Gasteiger partial charge is 0.328 e. The number of carboxylic acid groups (broad SMARTS) is 1. The molecule has 108 valence electrons. The number of aliphatic carboxylic acids is 1. The molecule has 0 aliphatic heterocycles. The van der Waals surface area contributed by atoms with Gasteiger partial charge in [0.15, 0.2) is 0 Å². The molecule has 1 aromatic heterocycles. The molecule has 0 fully saturated rings. The summed E-state index contributed by atoms with van der Waals surface area (Å²) in [5.41, 5.74) is 0.627. The number of thiazole rings is 1. The van der Waals surface area contributed by atoms with Gasteiger partial charge < -0.3 is 10.4 Å². The molecule has 0 atom stereocenters. The third kappa shape index (κ3) is 3.96. The van der Waals surface area contributed by atoms with Crippen LogP contribution in [-0.2, 0) is 4.79 Å². The molecule has 7 heteroatoms. The average Bonchev–Trinajstić information content (AvgIpc) is 2.86. The van der Waals surface area contributed by atoms with Crippen LogP contribution in [-0.4, -0.2) is 22.0 Å². The van der Waals surface area contributed by atoms with Gasteiger partial charge in [-0.15, -0.1) is 11.3 Å². The van der Waals surface area contributed by atoms with E-state index in [1.165, 1.54) is 29.5 Å². The molecule has 0 aliphatic rings. The summed E-state index contributed by atoms with van der Waals surface area (Å²) in [6.07, 6.45) is 2.17. The van der Waals surface area contributed by atoms with Crippen LogP contribution in [0.25, 0.3) is 6.08 Å². The summed E-state index contributed by atoms with van der Waals surface area (Å²) in [6.45, 7) is 1.77. The van der Waals surface area contributed by atoms with Crippen LogP contribution in [0.15, 0.2) is 29.7 Å². The SMILES string of the molecule is Cc1nc(C(=O)Nc2ccc(/C=C/C(=O)O)cc2F)cs1. The Kier molecular flexibility index (Phi) is 4.44. The molecule has 21 heavy (non-hydrogen) atoms. The molecule has 0 spiro atoms. The van der Waals surface area contributed by atoms with E-state index in [4.69, 9.17) is 5.11 Å². The summed E-state index contributed by atoms with van der Waals surface area (Å²) in [5.74, 6) is -2.26. The molecule has 1 amide bonds. The van der Waals surface area contributed by atoms with Crippen LogP contribution in [0.5, 0.6) is 0 Å². The molecule has 1 heterocycles. The number of carbonyl (C=O) groups is 2. The number of carbonyl (C=O) groups excluding carboxylic acids is 1. The highest BCUT2D eigenvalue weighted by Crippen LogP contribution is 2.18. The monoisotopic (exact) mass is 306 g/mol. The van der Waals surface area contributed by atoms with Crippen molar-refractivity contribution in [3.8, 4) is 0 Å². The number of hydrogen-bond acceptors (Lipinski definition) is 4. The van der Waals surface area contributed by atoms with Crippen LogP contribution < -0.4 is 5.32 Å². The van der Waals surface area contributed by atoms with Gasteiger partial charge in [-0.25, -0.2) is 14.2 Å². The number of benzene rings is 1. The minimum Gasteiger partial charge on any atom is -0.478 e. The number of carboxylic acids is 1. The minimum absolute atomic E-state index is 0.0122. The highest BCUT2D eigenvalue weighted by atomic mass is 32.1. The zero-order chi connectivity index (χ0) is 15.4. The van der Waals surface area contributed by atoms with Gasteiger partial charge in [-0.2, -0.15) is 0 Å². The normalized spacial score (nSPS) is 10.8. The highest BCUT2D eigenvalue weighted by molar-refractivity contribution is 7.09. The van der Waals surface area contributed by atoms with Crippen molar-refractivity contribution >= 4 is 35.0 Å². The molecule has 0 bridgehead atoms. The molecule has 1 aromatic carbocycles. The van der Waals surface area contributed by atoms with E-state index in [2.05, 4.69) is 10.3 Å². The van der Waals surface area contributed by atoms with Crippen LogP contribution in [0, 0.1) is 12.7 Å². The number of aromatic nitrogens is 1. The number of rotatable bonds is 4. The number of nitrogens with one attached hydrogen (secondary N) is 1. The fourth-order valence-corrected chi connectivity index (χ4v) is 2.15. The van der Waals surface area contributed by atoms with E-state index in [9.17, 15) is 14.0 Å². The van der Waals surface area contributed by atoms with Crippen molar-refractivity contribution in [1.29, 1.82) is 0 Å². The Morgan fingerprint density at radius 3 is 2.76 bits per heavy atom. The quantitative estimate of drug-likeness (QED) is 0.851. The fraction of sp³-hybridized carbons (Fsp3) is 0.0714. The maximum Gasteiger partial charge on any atom is 0.328 e. The van der Waals surface area contributed by atoms with Crippen molar-refractivity contribution < 1.29 is 19.1 Å². The van der Waals surface area contributed by atoms with Crippen LogP contribution in [0.3, 0.4) is 0 Å². The van der Waals surface area contributed by atoms with Crippen LogP contribution in [0.4, 0.5) is 10.1 Å². The van der Waals surface area contributed by atoms with E-state index in [1.54, 1.807) is 12.3 Å². The van der Waals surface area contributed by atoms with Gasteiger partial charge >= 0.3 is 5.97 Å². The molecule has 2 aromatic rings. The van der Waals surface area contributed by atoms with E-state index < -0.39 is 17.7 Å². The Morgan fingerprint density at radius 1 is 1.43 bits per heavy atom. The Hall–Kier alpha value is -2.54. The lowest BCUT2D eigenvalue weighted by Crippen LogP contribution is -2.13. The molecule has 0 saturated carbocycles. The van der Waals surface area contributed by atoms with Gasteiger partial charge in [-0.3, -0.25) is 4.79 Å². The van der Waals surface area contributed by atoms with Gasteiger partial charge in [0.05, 0.1) is 10.7 Å². The Balaban J connectivity index is 2.14. The second-order valence-electron chi connectivity index (χ2n) is 4.12. The van der Waals surface area contributed by atoms with E-state index in [1.807, 2.05) is 0 Å². The van der Waals surface area contributed by atoms with Crippen molar-refractivity contribution in [2.24, 2.45) is 0 Å². The number of amides is 1. The lowest BCUT2D eigenvalue weighted by molar-refractivity contribution is -0.131. The number of nitrogens with zero attached hydrogens (tertiary/aromatic N) is 1. The first-order chi connectivity index (χ1) is 9.95. The third-order valence-electron chi connectivity index (χ3n) is 2.51. The first-order valence-corrected chi connectivity index (χ1v) is 6.77. The Labute approximate surface area is 123 Å². The summed E-state index contributed by atoms with van der Waals surface area (Å²) >= 11 is 1.33. The van der Waals surface area contributed by atoms with E-state index in [0.717, 1.165) is 17.2 Å². The van der Waals surface area contributed by atoms with Crippen molar-refractivity contribution in [2.75, 3.05) is 5.32 Å². The van der Waals surface area contributed by atoms with Gasteiger partial charge in [-0.1, -0.05) is 6.07 Å². The second kappa shape index (κ2) is 6.27. The standard InChI is InChI=1S/C14H11FN2O3S/c1-8-16-12(7-21-8)14(20)17-11-4-2-9(6-10(11)15)3-5-13(18)19/h2-7H,1H3,(H,17,20)(H,18,19)/b5-3+. The lowest BCUT2D eigenvalue weighted by Gasteiger charge is -2.05. The largest absolute Gasteiger partial charge is 0.478 e. The van der Waals surface area contributed by atoms with E-state index >= 15 is 0 Å². The summed E-state index contributed by atoms with van der Waals surface area (Å²) in [6, 6.07) is 4.01. The zero-order valence-electron chi connectivity index (χ0n) is 11.0. The van der Waals surface area contributed by atoms with Crippen molar-refractivity contribution in [3.63, 3.8) is 0 Å². The predicted molar refractivity (Wildman–Crippen MR) is 77.9 cm³/mol. The summed E-state index contributed by atoms with van der Waals surface area (Å²) in [5, 5.41) is 13.3. The number of aryl methyl sites for hydroxylation is 1. The fourth-order valence-electron chi connectivity index (χ4n) is 1.56. The highest BCUT2D eigenvalue weighted by Gasteiger charge is 2.12. The third-order valence-corrected chi connectivity index (χ3v) is 3.28. The molecule has 2 rings (SSSR count). The van der Waals surface area contributed by atoms with E-state index in [0.29, 0.717) is 5.56 Å². The van der Waals surface area contributed by atoms with Crippen molar-refractivity contribution in [1.82, 2.24) is 4.98 Å². The number of halogens is 1. The number of anilines is 1. The molecule has 5 nitrogen and oxygen atoms in total. The lowest BCUT2D eigenvalue weighted by atomic mass is 10.2. The summed E-state index contributed by atoms with van der Waals surface area (Å²) in [7, 11) is 0. The minimum atomic E-state index is -1.12. The van der Waals surface area contributed by atoms with E-state index in [-0.39, 0.29) is 11.4 Å². The summed E-state index contributed by atoms with van der Waals surface area (Å²) < 4.78 is 13.8. The Bertz CT molecular complexity index is 725. The van der Waals surface area contributed by atoms with Gasteiger partial charge in [0, 0.05) is 11.5 Å². The average molecular weight is 306 g/mol. The topological polar surface area (TPSA) is 79.3 Å². The molecule has 0 saturated heterocycles. The zero-order valence-corrected chi connectivity index (χ0v) is 11.8. The van der Waals surface area contributed by atoms with Crippen LogP contribution in [0.1, 0.15) is 21.1 Å². The van der Waals surface area contributed by atoms with Gasteiger partial charge in [0.25, 0.3) is 5.91 Å². The Morgan fingerprint density at radius 2 is 2.19 bits per heavy atom. The van der Waals surface area contributed by atoms with Crippen LogP contribution >= 0.6 is 11.3 Å². The second-order valence-corrected chi connectivity index (χ2v) is 5.18. The maximum absolute atomic E-state index is 13.8. The molecule has 2 N–H and O–H groups in total. The molecular weight excluding hydrogens is 295 g/mol. The first-order valence-electron chi connectivity index (χ1n) is 5.90. The van der Waals surface area contributed by atoms with Crippen molar-refractivity contribution in [3.05, 3.63) is 51.7 Å². The summed E-state index contributed by atoms with van der Waals surface area (Å²) in [4.78, 5) is 26.3. The molecule has 0 aliphatic carbocycles. The maximum atomic E-state index is 13.8. The predicted octanol–water partition coefficient (Wildman–Crippen LogP) is 2.94. The van der Waals surface area contributed by atoms with Gasteiger partial charge in [-0.05, 0) is 30.7 Å². The molecule has 0 unspecified atom stereocenters. The molecular formula is C14H11FN2O3S. The van der Waals surface area contributed by atoms with Crippen molar-refractivity contribution in [2.45, 2.75) is 6.92 Å². The number of hydrogen-bond donors (Lipinski definition) is 2. The van der Waals surface area contributed by atoms with Gasteiger partial charge in [0.1, 0.15) is 11.5 Å². The van der Waals surface area contributed by atoms with Crippen LogP contribution in [0.2, 0.25) is 0 Å². The first kappa shape index (κ1) is 14.9.